The Kier molecular flexibility index (Phi) is 4.31. The molecule has 0 fully saturated rings. The van der Waals surface area contributed by atoms with Crippen molar-refractivity contribution >= 4 is 33.3 Å². The van der Waals surface area contributed by atoms with Crippen LogP contribution in [0.2, 0.25) is 0 Å². The van der Waals surface area contributed by atoms with Gasteiger partial charge >= 0.3 is 0 Å². The fourth-order valence-electron chi connectivity index (χ4n) is 2.03. The zero-order valence-electron chi connectivity index (χ0n) is 10.4. The van der Waals surface area contributed by atoms with Crippen LogP contribution in [-0.4, -0.2) is 32.0 Å². The normalized spacial score (nSPS) is 14.2. The molecule has 1 amide bonds. The third-order valence-electron chi connectivity index (χ3n) is 2.99. The van der Waals surface area contributed by atoms with Gasteiger partial charge in [-0.1, -0.05) is 0 Å². The minimum absolute atomic E-state index is 0.189. The molecule has 6 heteroatoms. The number of halogens is 2. The van der Waals surface area contributed by atoms with Crippen molar-refractivity contribution in [3.8, 4) is 0 Å². The molecule has 0 saturated carbocycles. The van der Waals surface area contributed by atoms with Crippen molar-refractivity contribution in [3.63, 3.8) is 0 Å². The van der Waals surface area contributed by atoms with Crippen LogP contribution in [0.3, 0.4) is 0 Å². The number of Topliss-reactive ketones (excluding diaryl/α,β-unsaturated/α-hetero) is 1. The molecule has 0 aliphatic carbocycles. The van der Waals surface area contributed by atoms with Crippen LogP contribution in [0.1, 0.15) is 23.2 Å². The zero-order chi connectivity index (χ0) is 14.0. The molecule has 1 aromatic carbocycles. The quantitative estimate of drug-likeness (QED) is 0.616. The zero-order valence-corrected chi connectivity index (χ0v) is 12.0. The highest BCUT2D eigenvalue weighted by molar-refractivity contribution is 9.10. The molecule has 0 spiro atoms. The first-order valence-corrected chi connectivity index (χ1v) is 6.69. The molecular formula is C13H13BrFNO3. The van der Waals surface area contributed by atoms with Gasteiger partial charge in [0, 0.05) is 20.3 Å². The highest BCUT2D eigenvalue weighted by atomic mass is 79.9. The Morgan fingerprint density at radius 1 is 1.32 bits per heavy atom. The van der Waals surface area contributed by atoms with Gasteiger partial charge in [-0.3, -0.25) is 9.59 Å². The van der Waals surface area contributed by atoms with Gasteiger partial charge in [0.15, 0.2) is 0 Å². The second-order valence-corrected chi connectivity index (χ2v) is 5.12. The van der Waals surface area contributed by atoms with Crippen LogP contribution in [0.5, 0.6) is 0 Å². The maximum atomic E-state index is 13.5. The molecule has 0 saturated heterocycles. The lowest BCUT2D eigenvalue weighted by Crippen LogP contribution is -2.30. The number of benzene rings is 1. The second kappa shape index (κ2) is 5.79. The van der Waals surface area contributed by atoms with Gasteiger partial charge < -0.3 is 9.64 Å². The molecule has 1 aliphatic heterocycles. The number of carbonyl (C=O) groups is 2. The Balaban J connectivity index is 2.21. The lowest BCUT2D eigenvalue weighted by Gasteiger charge is -2.16. The number of ketones is 1. The fourth-order valence-corrected chi connectivity index (χ4v) is 2.37. The van der Waals surface area contributed by atoms with Gasteiger partial charge in [0.2, 0.25) is 0 Å². The number of carbonyl (C=O) groups excluding carboxylic acids is 2. The van der Waals surface area contributed by atoms with Gasteiger partial charge in [0.05, 0.1) is 15.7 Å². The number of anilines is 1. The van der Waals surface area contributed by atoms with Crippen molar-refractivity contribution in [1.82, 2.24) is 0 Å². The smallest absolute Gasteiger partial charge is 0.299 e. The number of rotatable bonds is 5. The third-order valence-corrected chi connectivity index (χ3v) is 3.60. The van der Waals surface area contributed by atoms with E-state index < -0.39 is 17.5 Å². The number of hydrogen-bond acceptors (Lipinski definition) is 3. The lowest BCUT2D eigenvalue weighted by molar-refractivity contribution is -0.114. The monoisotopic (exact) mass is 329 g/mol. The molecule has 4 nitrogen and oxygen atoms in total. The summed E-state index contributed by atoms with van der Waals surface area (Å²) in [6, 6.07) is 2.58. The van der Waals surface area contributed by atoms with E-state index in [0.29, 0.717) is 25.3 Å². The summed E-state index contributed by atoms with van der Waals surface area (Å²) < 4.78 is 18.6. The van der Waals surface area contributed by atoms with Crippen LogP contribution in [-0.2, 0) is 9.53 Å². The van der Waals surface area contributed by atoms with Crippen molar-refractivity contribution < 1.29 is 18.7 Å². The number of ether oxygens (including phenoxy) is 1. The van der Waals surface area contributed by atoms with Crippen molar-refractivity contribution in [2.24, 2.45) is 0 Å². The van der Waals surface area contributed by atoms with E-state index in [0.717, 1.165) is 6.42 Å². The number of hydrogen-bond donors (Lipinski definition) is 0. The summed E-state index contributed by atoms with van der Waals surface area (Å²) in [6.07, 6.45) is 1.48. The molecule has 0 atom stereocenters. The van der Waals surface area contributed by atoms with Crippen LogP contribution < -0.4 is 4.90 Å². The van der Waals surface area contributed by atoms with Crippen LogP contribution in [0.15, 0.2) is 16.6 Å². The SMILES string of the molecule is COCCCCN1C(=O)C(=O)c2cc(Br)c(F)cc21. The number of nitrogens with zero attached hydrogens (tertiary/aromatic N) is 1. The average Bonchev–Trinajstić information content (AvgIpc) is 2.60. The minimum Gasteiger partial charge on any atom is -0.385 e. The predicted octanol–water partition coefficient (Wildman–Crippen LogP) is 2.54. The number of amides is 1. The Morgan fingerprint density at radius 3 is 2.74 bits per heavy atom. The standard InChI is InChI=1S/C13H13BrFNO3/c1-19-5-3-2-4-16-11-7-10(15)9(14)6-8(11)12(17)13(16)18/h6-7H,2-5H2,1H3. The molecule has 1 heterocycles. The molecule has 102 valence electrons. The molecule has 0 N–H and O–H groups in total. The first kappa shape index (κ1) is 14.1. The van der Waals surface area contributed by atoms with Crippen molar-refractivity contribution in [1.29, 1.82) is 0 Å². The van der Waals surface area contributed by atoms with E-state index in [2.05, 4.69) is 15.9 Å². The third kappa shape index (κ3) is 2.69. The van der Waals surface area contributed by atoms with Crippen LogP contribution in [0.25, 0.3) is 0 Å². The summed E-state index contributed by atoms with van der Waals surface area (Å²) in [5.74, 6) is -1.66. The van der Waals surface area contributed by atoms with Crippen LogP contribution in [0.4, 0.5) is 10.1 Å². The number of fused-ring (bicyclic) bond motifs is 1. The summed E-state index contributed by atoms with van der Waals surface area (Å²) in [4.78, 5) is 25.0. The van der Waals surface area contributed by atoms with Gasteiger partial charge in [-0.2, -0.15) is 0 Å². The highest BCUT2D eigenvalue weighted by Gasteiger charge is 2.36. The van der Waals surface area contributed by atoms with Crippen molar-refractivity contribution in [2.75, 3.05) is 25.2 Å². The van der Waals surface area contributed by atoms with Crippen LogP contribution >= 0.6 is 15.9 Å². The number of methoxy groups -OCH3 is 1. The summed E-state index contributed by atoms with van der Waals surface area (Å²) >= 11 is 3.02. The Morgan fingerprint density at radius 2 is 2.05 bits per heavy atom. The van der Waals surface area contributed by atoms with Crippen molar-refractivity contribution in [3.05, 3.63) is 28.0 Å². The van der Waals surface area contributed by atoms with E-state index in [4.69, 9.17) is 4.74 Å². The van der Waals surface area contributed by atoms with Crippen molar-refractivity contribution in [2.45, 2.75) is 12.8 Å². The maximum absolute atomic E-state index is 13.5. The molecule has 2 rings (SSSR count). The molecule has 0 radical (unpaired) electrons. The minimum atomic E-state index is -0.593. The van der Waals surface area contributed by atoms with Gasteiger partial charge in [-0.15, -0.1) is 0 Å². The Bertz CT molecular complexity index is 533. The number of unbranched alkanes of at least 4 members (excludes halogenated alkanes) is 1. The predicted molar refractivity (Wildman–Crippen MR) is 71.9 cm³/mol. The van der Waals surface area contributed by atoms with Gasteiger partial charge in [-0.05, 0) is 40.9 Å². The maximum Gasteiger partial charge on any atom is 0.299 e. The summed E-state index contributed by atoms with van der Waals surface area (Å²) in [5, 5.41) is 0. The van der Waals surface area contributed by atoms with E-state index >= 15 is 0 Å². The first-order chi connectivity index (χ1) is 9.06. The van der Waals surface area contributed by atoms with Gasteiger partial charge in [0.25, 0.3) is 11.7 Å². The Labute approximate surface area is 118 Å². The van der Waals surface area contributed by atoms with E-state index in [1.165, 1.54) is 17.0 Å². The molecule has 1 aliphatic rings. The molecular weight excluding hydrogens is 317 g/mol. The summed E-state index contributed by atoms with van der Waals surface area (Å²) in [7, 11) is 1.60. The molecule has 0 aromatic heterocycles. The topological polar surface area (TPSA) is 46.6 Å². The van der Waals surface area contributed by atoms with E-state index in [1.807, 2.05) is 0 Å². The Hall–Kier alpha value is -1.27. The first-order valence-electron chi connectivity index (χ1n) is 5.90. The summed E-state index contributed by atoms with van der Waals surface area (Å²) in [5.41, 5.74) is 0.609. The van der Waals surface area contributed by atoms with Gasteiger partial charge in [-0.25, -0.2) is 4.39 Å². The van der Waals surface area contributed by atoms with Crippen LogP contribution in [0, 0.1) is 5.82 Å². The molecule has 19 heavy (non-hydrogen) atoms. The van der Waals surface area contributed by atoms with Gasteiger partial charge in [0.1, 0.15) is 5.82 Å². The molecule has 0 bridgehead atoms. The fraction of sp³-hybridized carbons (Fsp3) is 0.385. The summed E-state index contributed by atoms with van der Waals surface area (Å²) in [6.45, 7) is 0.986. The lowest BCUT2D eigenvalue weighted by atomic mass is 10.1. The largest absolute Gasteiger partial charge is 0.385 e. The molecule has 0 unspecified atom stereocenters. The van der Waals surface area contributed by atoms with E-state index in [1.54, 1.807) is 7.11 Å². The van der Waals surface area contributed by atoms with E-state index in [-0.39, 0.29) is 10.0 Å². The second-order valence-electron chi connectivity index (χ2n) is 4.27. The highest BCUT2D eigenvalue weighted by Crippen LogP contribution is 2.33. The molecule has 1 aromatic rings. The van der Waals surface area contributed by atoms with E-state index in [9.17, 15) is 14.0 Å². The average molecular weight is 330 g/mol.